The van der Waals surface area contributed by atoms with Gasteiger partial charge in [-0.15, -0.1) is 0 Å². The summed E-state index contributed by atoms with van der Waals surface area (Å²) >= 11 is 7.38. The fourth-order valence-corrected chi connectivity index (χ4v) is 0.961. The molecule has 6 heteroatoms. The molecule has 0 heterocycles. The maximum atomic E-state index is 11.1. The van der Waals surface area contributed by atoms with Crippen LogP contribution in [0.4, 0.5) is 4.79 Å². The summed E-state index contributed by atoms with van der Waals surface area (Å²) in [6.07, 6.45) is -0.604. The predicted molar refractivity (Wildman–Crippen MR) is 59.6 cm³/mol. The molecule has 1 aromatic carbocycles. The number of nitrogens with one attached hydrogen (secondary N) is 1. The van der Waals surface area contributed by atoms with Gasteiger partial charge in [0.25, 0.3) is 0 Å². The molecule has 0 bridgehead atoms. The van der Waals surface area contributed by atoms with Gasteiger partial charge in [-0.25, -0.2) is 4.79 Å². The Bertz CT molecular complexity index is 295. The maximum absolute atomic E-state index is 11.1. The lowest BCUT2D eigenvalue weighted by atomic mass is 10.2. The molecule has 1 N–H and O–H groups in total. The number of hydrogen-bond donors (Lipinski definition) is 3. The van der Waals surface area contributed by atoms with Crippen LogP contribution in [0, 0.1) is 0 Å². The van der Waals surface area contributed by atoms with E-state index in [2.05, 4.69) is 30.5 Å². The Kier molecular flexibility index (Phi) is 4.64. The van der Waals surface area contributed by atoms with E-state index in [1.807, 2.05) is 30.3 Å². The molecule has 76 valence electrons. The fraction of sp³-hybridized carbons (Fsp3) is 0.125. The lowest BCUT2D eigenvalue weighted by Crippen LogP contribution is -2.29. The van der Waals surface area contributed by atoms with Gasteiger partial charge in [0.15, 0.2) is 0 Å². The van der Waals surface area contributed by atoms with Crippen LogP contribution in [0.15, 0.2) is 30.3 Å². The third-order valence-corrected chi connectivity index (χ3v) is 2.09. The van der Waals surface area contributed by atoms with Gasteiger partial charge >= 0.3 is 6.09 Å². The van der Waals surface area contributed by atoms with Crippen molar-refractivity contribution < 1.29 is 9.53 Å². The van der Waals surface area contributed by atoms with Crippen LogP contribution < -0.4 is 4.83 Å². The first-order valence-corrected chi connectivity index (χ1v) is 4.68. The van der Waals surface area contributed by atoms with E-state index in [1.54, 1.807) is 0 Å². The van der Waals surface area contributed by atoms with Gasteiger partial charge in [0.2, 0.25) is 0 Å². The molecule has 14 heavy (non-hydrogen) atoms. The zero-order chi connectivity index (χ0) is 10.4. The Labute approximate surface area is 93.3 Å². The van der Waals surface area contributed by atoms with Gasteiger partial charge in [0, 0.05) is 0 Å². The average molecular weight is 230 g/mol. The first-order chi connectivity index (χ1) is 6.74. The fourth-order valence-electron chi connectivity index (χ4n) is 0.821. The molecule has 4 nitrogen and oxygen atoms in total. The van der Waals surface area contributed by atoms with Crippen molar-refractivity contribution in [2.75, 3.05) is 0 Å². The third kappa shape index (κ3) is 3.49. The van der Waals surface area contributed by atoms with Gasteiger partial charge in [-0.05, 0) is 18.4 Å². The topological polar surface area (TPSA) is 41.6 Å². The second kappa shape index (κ2) is 5.79. The Morgan fingerprint density at radius 3 is 2.64 bits per heavy atom. The number of nitrogens with zero attached hydrogens (tertiary/aromatic N) is 1. The van der Waals surface area contributed by atoms with Crippen molar-refractivity contribution in [1.29, 1.82) is 0 Å². The van der Waals surface area contributed by atoms with E-state index < -0.39 is 6.09 Å². The largest absolute Gasteiger partial charge is 0.443 e. The maximum Gasteiger partial charge on any atom is 0.435 e. The SMILES string of the molecule is O=C(OCc1ccccc1)N(S)NS. The Hall–Kier alpha value is -0.850. The molecule has 1 rings (SSSR count). The highest BCUT2D eigenvalue weighted by Crippen LogP contribution is 2.03. The zero-order valence-corrected chi connectivity index (χ0v) is 9.04. The number of carbonyl (C=O) groups excluding carboxylic acids is 1. The van der Waals surface area contributed by atoms with Crippen LogP contribution in [0.25, 0.3) is 0 Å². The minimum atomic E-state index is -0.604. The summed E-state index contributed by atoms with van der Waals surface area (Å²) in [5.74, 6) is 0. The van der Waals surface area contributed by atoms with Crippen LogP contribution in [0.5, 0.6) is 0 Å². The quantitative estimate of drug-likeness (QED) is 0.548. The Morgan fingerprint density at radius 2 is 2.07 bits per heavy atom. The summed E-state index contributed by atoms with van der Waals surface area (Å²) in [4.78, 5) is 13.3. The van der Waals surface area contributed by atoms with Gasteiger partial charge < -0.3 is 4.74 Å². The molecular weight excluding hydrogens is 220 g/mol. The molecule has 0 fully saturated rings. The van der Waals surface area contributed by atoms with Crippen molar-refractivity contribution in [2.24, 2.45) is 0 Å². The molecule has 0 atom stereocenters. The standard InChI is InChI=1S/C8H10N2O2S2/c11-8(10(14)9-13)12-6-7-4-2-1-3-5-7/h1-5,9,13-14H,6H2. The monoisotopic (exact) mass is 230 g/mol. The van der Waals surface area contributed by atoms with Gasteiger partial charge in [-0.3, -0.25) is 0 Å². The molecule has 0 aliphatic heterocycles. The summed E-state index contributed by atoms with van der Waals surface area (Å²) < 4.78 is 5.72. The lowest BCUT2D eigenvalue weighted by molar-refractivity contribution is 0.119. The van der Waals surface area contributed by atoms with Crippen LogP contribution in [0.1, 0.15) is 5.56 Å². The molecule has 0 saturated heterocycles. The predicted octanol–water partition coefficient (Wildman–Crippen LogP) is 1.82. The molecule has 1 amide bonds. The minimum absolute atomic E-state index is 0.214. The molecule has 0 radical (unpaired) electrons. The van der Waals surface area contributed by atoms with Crippen LogP contribution in [0.3, 0.4) is 0 Å². The van der Waals surface area contributed by atoms with Gasteiger partial charge in [-0.1, -0.05) is 43.1 Å². The first kappa shape index (κ1) is 11.2. The van der Waals surface area contributed by atoms with Gasteiger partial charge in [-0.2, -0.15) is 9.25 Å². The molecule has 0 unspecified atom stereocenters. The molecule has 0 aromatic heterocycles. The molecule has 0 aliphatic carbocycles. The second-order valence-electron chi connectivity index (χ2n) is 2.45. The van der Waals surface area contributed by atoms with E-state index in [9.17, 15) is 4.79 Å². The number of hydrazine groups is 1. The summed E-state index contributed by atoms with van der Waals surface area (Å²) in [7, 11) is 0. The van der Waals surface area contributed by atoms with Crippen molar-refractivity contribution in [2.45, 2.75) is 6.61 Å². The van der Waals surface area contributed by atoms with Gasteiger partial charge in [0.05, 0.1) is 0 Å². The highest BCUT2D eigenvalue weighted by atomic mass is 32.1. The van der Waals surface area contributed by atoms with Crippen molar-refractivity contribution in [1.82, 2.24) is 9.25 Å². The van der Waals surface area contributed by atoms with Crippen LogP contribution >= 0.6 is 25.6 Å². The first-order valence-electron chi connectivity index (χ1n) is 3.83. The summed E-state index contributed by atoms with van der Waals surface area (Å²) in [5.41, 5.74) is 0.918. The van der Waals surface area contributed by atoms with Crippen LogP contribution in [-0.4, -0.2) is 10.5 Å². The van der Waals surface area contributed by atoms with Crippen molar-refractivity contribution >= 4 is 31.7 Å². The number of amides is 1. The Morgan fingerprint density at radius 1 is 1.43 bits per heavy atom. The van der Waals surface area contributed by atoms with Gasteiger partial charge in [0.1, 0.15) is 6.61 Å². The number of ether oxygens (including phenoxy) is 1. The normalized spacial score (nSPS) is 9.57. The smallest absolute Gasteiger partial charge is 0.435 e. The number of thiol groups is 2. The molecule has 1 aromatic rings. The number of carbonyl (C=O) groups is 1. The van der Waals surface area contributed by atoms with Crippen LogP contribution in [0.2, 0.25) is 0 Å². The van der Waals surface area contributed by atoms with Crippen molar-refractivity contribution in [3.63, 3.8) is 0 Å². The van der Waals surface area contributed by atoms with Crippen LogP contribution in [-0.2, 0) is 11.3 Å². The van der Waals surface area contributed by atoms with Crippen molar-refractivity contribution in [3.8, 4) is 0 Å². The zero-order valence-electron chi connectivity index (χ0n) is 7.25. The molecular formula is C8H10N2O2S2. The van der Waals surface area contributed by atoms with E-state index in [0.29, 0.717) is 0 Å². The summed E-state index contributed by atoms with van der Waals surface area (Å²) in [5, 5.41) is 0. The lowest BCUT2D eigenvalue weighted by Gasteiger charge is -2.12. The van der Waals surface area contributed by atoms with E-state index >= 15 is 0 Å². The number of rotatable bonds is 3. The second-order valence-corrected chi connectivity index (χ2v) is 3.05. The van der Waals surface area contributed by atoms with E-state index in [4.69, 9.17) is 4.74 Å². The molecule has 0 saturated carbocycles. The third-order valence-electron chi connectivity index (χ3n) is 1.47. The van der Waals surface area contributed by atoms with E-state index in [0.717, 1.165) is 9.98 Å². The highest BCUT2D eigenvalue weighted by molar-refractivity contribution is 7.81. The minimum Gasteiger partial charge on any atom is -0.443 e. The summed E-state index contributed by atoms with van der Waals surface area (Å²) in [6.45, 7) is 0.214. The number of hydrogen-bond acceptors (Lipinski definition) is 5. The van der Waals surface area contributed by atoms with E-state index in [1.165, 1.54) is 0 Å². The highest BCUT2D eigenvalue weighted by Gasteiger charge is 2.08. The van der Waals surface area contributed by atoms with E-state index in [-0.39, 0.29) is 6.61 Å². The molecule has 0 spiro atoms. The van der Waals surface area contributed by atoms with Crippen molar-refractivity contribution in [3.05, 3.63) is 35.9 Å². The summed E-state index contributed by atoms with van der Waals surface area (Å²) in [6, 6.07) is 9.37. The number of benzene rings is 1. The Balaban J connectivity index is 2.38. The molecule has 0 aliphatic rings. The average Bonchev–Trinajstić information content (AvgIpc) is 2.26.